The predicted octanol–water partition coefficient (Wildman–Crippen LogP) is 5.56. The van der Waals surface area contributed by atoms with E-state index in [0.717, 1.165) is 18.1 Å². The van der Waals surface area contributed by atoms with Crippen LogP contribution in [0.1, 0.15) is 60.6 Å². The second-order valence-corrected chi connectivity index (χ2v) is 6.42. The average Bonchev–Trinajstić information content (AvgIpc) is 2.39. The Morgan fingerprint density at radius 2 is 1.74 bits per heavy atom. The third-order valence-corrected chi connectivity index (χ3v) is 4.74. The van der Waals surface area contributed by atoms with Crippen LogP contribution in [0.15, 0.2) is 12.1 Å². The highest BCUT2D eigenvalue weighted by Gasteiger charge is 2.19. The Hall–Kier alpha value is -0.690. The lowest BCUT2D eigenvalue weighted by Crippen LogP contribution is -2.09. The van der Waals surface area contributed by atoms with Crippen LogP contribution in [0.25, 0.3) is 0 Å². The maximum atomic E-state index is 6.64. The highest BCUT2D eigenvalue weighted by molar-refractivity contribution is 6.20. The minimum atomic E-state index is 0.145. The molecule has 1 aromatic rings. The van der Waals surface area contributed by atoms with Gasteiger partial charge in [0.2, 0.25) is 0 Å². The Bertz CT molecular complexity index is 398. The zero-order valence-electron chi connectivity index (χ0n) is 12.3. The molecule has 0 radical (unpaired) electrons. The molecule has 1 fully saturated rings. The van der Waals surface area contributed by atoms with Crippen molar-refractivity contribution in [1.82, 2.24) is 0 Å². The van der Waals surface area contributed by atoms with Gasteiger partial charge in [0.15, 0.2) is 0 Å². The van der Waals surface area contributed by atoms with E-state index in [2.05, 4.69) is 26.0 Å². The van der Waals surface area contributed by atoms with Crippen molar-refractivity contribution in [2.24, 2.45) is 5.92 Å². The summed E-state index contributed by atoms with van der Waals surface area (Å²) in [7, 11) is 1.73. The van der Waals surface area contributed by atoms with Crippen LogP contribution in [0.4, 0.5) is 0 Å². The van der Waals surface area contributed by atoms with E-state index in [1.54, 1.807) is 7.11 Å². The molecule has 0 aromatic heterocycles. The van der Waals surface area contributed by atoms with Gasteiger partial charge in [-0.1, -0.05) is 44.2 Å². The van der Waals surface area contributed by atoms with Gasteiger partial charge in [0.1, 0.15) is 5.75 Å². The van der Waals surface area contributed by atoms with Gasteiger partial charge >= 0.3 is 0 Å². The smallest absolute Gasteiger partial charge is 0.124 e. The second-order valence-electron chi connectivity index (χ2n) is 5.90. The van der Waals surface area contributed by atoms with Crippen molar-refractivity contribution in [3.63, 3.8) is 0 Å². The zero-order valence-corrected chi connectivity index (χ0v) is 13.1. The molecule has 2 rings (SSSR count). The highest BCUT2D eigenvalue weighted by atomic mass is 35.5. The molecule has 1 nitrogen and oxygen atoms in total. The van der Waals surface area contributed by atoms with Crippen LogP contribution in [0.2, 0.25) is 0 Å². The minimum Gasteiger partial charge on any atom is -0.496 e. The number of alkyl halides is 1. The van der Waals surface area contributed by atoms with E-state index in [0.29, 0.717) is 0 Å². The van der Waals surface area contributed by atoms with E-state index < -0.39 is 0 Å². The summed E-state index contributed by atoms with van der Waals surface area (Å²) in [5, 5.41) is 0.145. The van der Waals surface area contributed by atoms with Crippen LogP contribution in [0, 0.1) is 19.8 Å². The number of halogens is 1. The van der Waals surface area contributed by atoms with Crippen molar-refractivity contribution in [3.05, 3.63) is 28.8 Å². The summed E-state index contributed by atoms with van der Waals surface area (Å²) >= 11 is 6.64. The molecule has 0 spiro atoms. The van der Waals surface area contributed by atoms with Gasteiger partial charge in [0.25, 0.3) is 0 Å². The van der Waals surface area contributed by atoms with Gasteiger partial charge in [-0.3, -0.25) is 0 Å². The van der Waals surface area contributed by atoms with Crippen LogP contribution in [0.3, 0.4) is 0 Å². The lowest BCUT2D eigenvalue weighted by Gasteiger charge is -2.24. The largest absolute Gasteiger partial charge is 0.496 e. The van der Waals surface area contributed by atoms with Crippen LogP contribution in [-0.2, 0) is 0 Å². The molecule has 1 saturated carbocycles. The van der Waals surface area contributed by atoms with E-state index in [1.807, 2.05) is 0 Å². The van der Waals surface area contributed by atoms with Gasteiger partial charge in [0.05, 0.1) is 12.5 Å². The number of benzene rings is 1. The zero-order chi connectivity index (χ0) is 13.8. The maximum Gasteiger partial charge on any atom is 0.124 e. The van der Waals surface area contributed by atoms with Gasteiger partial charge in [-0.25, -0.2) is 0 Å². The number of rotatable bonds is 4. The molecule has 0 amide bonds. The fourth-order valence-corrected chi connectivity index (χ4v) is 3.72. The number of hydrogen-bond donors (Lipinski definition) is 0. The van der Waals surface area contributed by atoms with E-state index in [-0.39, 0.29) is 5.38 Å². The first kappa shape index (κ1) is 14.7. The van der Waals surface area contributed by atoms with Gasteiger partial charge in [-0.15, -0.1) is 11.6 Å². The van der Waals surface area contributed by atoms with Crippen LogP contribution in [0.5, 0.6) is 5.75 Å². The topological polar surface area (TPSA) is 9.23 Å². The standard InChI is InChI=1S/C17H25ClO/c1-12-9-15(10-13(2)17(12)19-3)16(18)11-14-7-5-4-6-8-14/h9-10,14,16H,4-8,11H2,1-3H3. The first-order chi connectivity index (χ1) is 9.11. The molecule has 1 aliphatic rings. The molecule has 0 bridgehead atoms. The molecule has 0 saturated heterocycles. The number of hydrogen-bond acceptors (Lipinski definition) is 1. The van der Waals surface area contributed by atoms with Crippen LogP contribution < -0.4 is 4.74 Å². The summed E-state index contributed by atoms with van der Waals surface area (Å²) in [4.78, 5) is 0. The number of aryl methyl sites for hydroxylation is 2. The summed E-state index contributed by atoms with van der Waals surface area (Å²) in [6.07, 6.45) is 8.01. The Morgan fingerprint density at radius 3 is 2.26 bits per heavy atom. The Kier molecular flexibility index (Phi) is 5.15. The highest BCUT2D eigenvalue weighted by Crippen LogP contribution is 2.37. The van der Waals surface area contributed by atoms with E-state index in [9.17, 15) is 0 Å². The first-order valence-electron chi connectivity index (χ1n) is 7.41. The van der Waals surface area contributed by atoms with Crippen molar-refractivity contribution in [1.29, 1.82) is 0 Å². The van der Waals surface area contributed by atoms with Crippen LogP contribution >= 0.6 is 11.6 Å². The SMILES string of the molecule is COc1c(C)cc(C(Cl)CC2CCCCC2)cc1C. The second kappa shape index (κ2) is 6.65. The van der Waals surface area contributed by atoms with Gasteiger partial charge in [-0.05, 0) is 42.9 Å². The van der Waals surface area contributed by atoms with Crippen molar-refractivity contribution >= 4 is 11.6 Å². The van der Waals surface area contributed by atoms with Crippen LogP contribution in [-0.4, -0.2) is 7.11 Å². The molecule has 1 aliphatic carbocycles. The fraction of sp³-hybridized carbons (Fsp3) is 0.647. The Morgan fingerprint density at radius 1 is 1.16 bits per heavy atom. The molecule has 0 N–H and O–H groups in total. The monoisotopic (exact) mass is 280 g/mol. The van der Waals surface area contributed by atoms with E-state index >= 15 is 0 Å². The summed E-state index contributed by atoms with van der Waals surface area (Å²) in [6.45, 7) is 4.19. The van der Waals surface area contributed by atoms with Gasteiger partial charge in [0, 0.05) is 0 Å². The molecule has 1 unspecified atom stereocenters. The molecule has 19 heavy (non-hydrogen) atoms. The molecule has 2 heteroatoms. The molecular weight excluding hydrogens is 256 g/mol. The minimum absolute atomic E-state index is 0.145. The van der Waals surface area contributed by atoms with E-state index in [4.69, 9.17) is 16.3 Å². The Balaban J connectivity index is 2.08. The summed E-state index contributed by atoms with van der Waals surface area (Å²) in [5.74, 6) is 1.81. The molecular formula is C17H25ClO. The molecule has 1 atom stereocenters. The summed E-state index contributed by atoms with van der Waals surface area (Å²) in [5.41, 5.74) is 3.63. The lowest BCUT2D eigenvalue weighted by molar-refractivity contribution is 0.336. The van der Waals surface area contributed by atoms with E-state index in [1.165, 1.54) is 48.8 Å². The predicted molar refractivity (Wildman–Crippen MR) is 82.3 cm³/mol. The molecule has 1 aromatic carbocycles. The van der Waals surface area contributed by atoms with Crippen molar-refractivity contribution < 1.29 is 4.74 Å². The van der Waals surface area contributed by atoms with Crippen molar-refractivity contribution in [2.75, 3.05) is 7.11 Å². The molecule has 0 aliphatic heterocycles. The number of ether oxygens (including phenoxy) is 1. The maximum absolute atomic E-state index is 6.64. The number of methoxy groups -OCH3 is 1. The summed E-state index contributed by atoms with van der Waals surface area (Å²) in [6, 6.07) is 4.37. The van der Waals surface area contributed by atoms with Gasteiger partial charge < -0.3 is 4.74 Å². The average molecular weight is 281 g/mol. The summed E-state index contributed by atoms with van der Waals surface area (Å²) < 4.78 is 5.42. The quantitative estimate of drug-likeness (QED) is 0.656. The lowest BCUT2D eigenvalue weighted by atomic mass is 9.85. The third-order valence-electron chi connectivity index (χ3n) is 4.31. The fourth-order valence-electron chi connectivity index (χ4n) is 3.34. The van der Waals surface area contributed by atoms with Crippen molar-refractivity contribution in [3.8, 4) is 5.75 Å². The van der Waals surface area contributed by atoms with Crippen molar-refractivity contribution in [2.45, 2.75) is 57.7 Å². The van der Waals surface area contributed by atoms with Gasteiger partial charge in [-0.2, -0.15) is 0 Å². The first-order valence-corrected chi connectivity index (χ1v) is 7.84. The normalized spacial score (nSPS) is 18.3. The third kappa shape index (κ3) is 3.66. The molecule has 0 heterocycles. The Labute approximate surface area is 122 Å². The molecule has 106 valence electrons.